The molecule has 0 fully saturated rings. The summed E-state index contributed by atoms with van der Waals surface area (Å²) in [6.07, 6.45) is 0. The van der Waals surface area contributed by atoms with Crippen molar-refractivity contribution in [2.75, 3.05) is 23.5 Å². The number of ether oxygens (including phenoxy) is 1. The lowest BCUT2D eigenvalue weighted by Crippen LogP contribution is -2.14. The summed E-state index contributed by atoms with van der Waals surface area (Å²) < 4.78 is 5.19. The summed E-state index contributed by atoms with van der Waals surface area (Å²) >= 11 is 5.69. The number of benzene rings is 3. The van der Waals surface area contributed by atoms with Crippen molar-refractivity contribution in [1.29, 1.82) is 0 Å². The number of methoxy groups -OCH3 is 1. The van der Waals surface area contributed by atoms with E-state index >= 15 is 0 Å². The standard InChI is InChI=1S/C26H24N4O2S/c1-16-8-12-19(13-9-16)28-25-21(26(33)29-18-6-4-3-5-7-18)22(27)23(30-25)24(31)17-10-14-20(32-2)15-11-17/h3-15,28,30H,27H2,1-2H3,(H,29,33). The van der Waals surface area contributed by atoms with Gasteiger partial charge >= 0.3 is 0 Å². The maximum absolute atomic E-state index is 13.3. The zero-order valence-electron chi connectivity index (χ0n) is 18.3. The van der Waals surface area contributed by atoms with Gasteiger partial charge in [0.25, 0.3) is 0 Å². The molecular formula is C26H24N4O2S. The number of carbonyl (C=O) groups excluding carboxylic acids is 1. The molecular weight excluding hydrogens is 432 g/mol. The molecule has 0 aliphatic carbocycles. The van der Waals surface area contributed by atoms with Gasteiger partial charge in [0.1, 0.15) is 22.2 Å². The van der Waals surface area contributed by atoms with Crippen LogP contribution in [0.2, 0.25) is 0 Å². The summed E-state index contributed by atoms with van der Waals surface area (Å²) in [5.41, 5.74) is 10.9. The first kappa shape index (κ1) is 22.1. The molecule has 3 aromatic carbocycles. The number of hydrogen-bond donors (Lipinski definition) is 4. The maximum Gasteiger partial charge on any atom is 0.211 e. The van der Waals surface area contributed by atoms with Gasteiger partial charge in [-0.2, -0.15) is 0 Å². The minimum Gasteiger partial charge on any atom is -0.497 e. The minimum absolute atomic E-state index is 0.240. The highest BCUT2D eigenvalue weighted by Gasteiger charge is 2.24. The van der Waals surface area contributed by atoms with Crippen LogP contribution in [0, 0.1) is 6.92 Å². The summed E-state index contributed by atoms with van der Waals surface area (Å²) in [6, 6.07) is 24.3. The Morgan fingerprint density at radius 3 is 2.24 bits per heavy atom. The topological polar surface area (TPSA) is 92.2 Å². The Morgan fingerprint density at radius 2 is 1.61 bits per heavy atom. The van der Waals surface area contributed by atoms with Crippen LogP contribution in [-0.4, -0.2) is 22.9 Å². The predicted molar refractivity (Wildman–Crippen MR) is 138 cm³/mol. The number of para-hydroxylation sites is 1. The molecule has 0 atom stereocenters. The molecule has 0 aliphatic heterocycles. The van der Waals surface area contributed by atoms with Crippen LogP contribution in [0.25, 0.3) is 0 Å². The first-order chi connectivity index (χ1) is 16.0. The molecule has 0 saturated carbocycles. The molecule has 6 nitrogen and oxygen atoms in total. The van der Waals surface area contributed by atoms with Crippen LogP contribution in [-0.2, 0) is 0 Å². The van der Waals surface area contributed by atoms with Gasteiger partial charge in [-0.05, 0) is 55.5 Å². The number of thiocarbonyl (C=S) groups is 1. The Bertz CT molecular complexity index is 1280. The number of nitrogen functional groups attached to an aromatic ring is 1. The summed E-state index contributed by atoms with van der Waals surface area (Å²) in [7, 11) is 1.58. The van der Waals surface area contributed by atoms with E-state index in [0.717, 1.165) is 16.9 Å². The molecule has 0 radical (unpaired) electrons. The number of aryl methyl sites for hydroxylation is 1. The maximum atomic E-state index is 13.3. The van der Waals surface area contributed by atoms with Crippen LogP contribution < -0.4 is 21.1 Å². The molecule has 4 rings (SSSR count). The molecule has 0 saturated heterocycles. The minimum atomic E-state index is -0.240. The van der Waals surface area contributed by atoms with E-state index in [4.69, 9.17) is 22.7 Å². The van der Waals surface area contributed by atoms with E-state index in [1.54, 1.807) is 31.4 Å². The van der Waals surface area contributed by atoms with Gasteiger partial charge in [-0.25, -0.2) is 0 Å². The molecule has 0 amide bonds. The number of rotatable bonds is 7. The van der Waals surface area contributed by atoms with Crippen molar-refractivity contribution in [1.82, 2.24) is 4.98 Å². The highest BCUT2D eigenvalue weighted by Crippen LogP contribution is 2.32. The smallest absolute Gasteiger partial charge is 0.211 e. The zero-order valence-corrected chi connectivity index (χ0v) is 19.1. The lowest BCUT2D eigenvalue weighted by Gasteiger charge is -2.12. The van der Waals surface area contributed by atoms with E-state index in [2.05, 4.69) is 15.6 Å². The van der Waals surface area contributed by atoms with Crippen molar-refractivity contribution in [2.24, 2.45) is 0 Å². The second-order valence-corrected chi connectivity index (χ2v) is 7.94. The predicted octanol–water partition coefficient (Wildman–Crippen LogP) is 5.68. The monoisotopic (exact) mass is 456 g/mol. The summed E-state index contributed by atoms with van der Waals surface area (Å²) in [5, 5.41) is 6.52. The van der Waals surface area contributed by atoms with Crippen LogP contribution in [0.3, 0.4) is 0 Å². The molecule has 33 heavy (non-hydrogen) atoms. The van der Waals surface area contributed by atoms with Gasteiger partial charge in [-0.15, -0.1) is 0 Å². The van der Waals surface area contributed by atoms with Gasteiger partial charge in [0, 0.05) is 16.9 Å². The quantitative estimate of drug-likeness (QED) is 0.211. The van der Waals surface area contributed by atoms with Crippen molar-refractivity contribution >= 4 is 45.9 Å². The third-order valence-corrected chi connectivity index (χ3v) is 5.50. The fourth-order valence-electron chi connectivity index (χ4n) is 3.41. The Kier molecular flexibility index (Phi) is 6.42. The number of aromatic amines is 1. The van der Waals surface area contributed by atoms with Crippen LogP contribution in [0.15, 0.2) is 78.9 Å². The largest absolute Gasteiger partial charge is 0.497 e. The van der Waals surface area contributed by atoms with E-state index in [1.807, 2.05) is 61.5 Å². The third-order valence-electron chi connectivity index (χ3n) is 5.20. The molecule has 166 valence electrons. The molecule has 1 aromatic heterocycles. The van der Waals surface area contributed by atoms with Crippen molar-refractivity contribution in [3.8, 4) is 5.75 Å². The average Bonchev–Trinajstić information content (AvgIpc) is 3.16. The number of nitrogens with two attached hydrogens (primary N) is 1. The third kappa shape index (κ3) is 4.88. The van der Waals surface area contributed by atoms with Crippen LogP contribution in [0.5, 0.6) is 5.75 Å². The second kappa shape index (κ2) is 9.58. The van der Waals surface area contributed by atoms with E-state index in [1.165, 1.54) is 0 Å². The average molecular weight is 457 g/mol. The summed E-state index contributed by atoms with van der Waals surface area (Å²) in [5.74, 6) is 0.971. The van der Waals surface area contributed by atoms with Gasteiger partial charge in [-0.1, -0.05) is 48.1 Å². The Labute approximate surface area is 197 Å². The molecule has 0 spiro atoms. The zero-order chi connectivity index (χ0) is 23.4. The SMILES string of the molecule is COc1ccc(C(=O)c2[nH]c(Nc3ccc(C)cc3)c(C(=S)Nc3ccccc3)c2N)cc1. The second-order valence-electron chi connectivity index (χ2n) is 7.53. The number of ketones is 1. The fraction of sp³-hybridized carbons (Fsp3) is 0.0769. The highest BCUT2D eigenvalue weighted by molar-refractivity contribution is 7.81. The fourth-order valence-corrected chi connectivity index (χ4v) is 3.74. The van der Waals surface area contributed by atoms with Gasteiger partial charge in [0.2, 0.25) is 5.78 Å². The van der Waals surface area contributed by atoms with Crippen LogP contribution in [0.4, 0.5) is 22.9 Å². The van der Waals surface area contributed by atoms with E-state index in [9.17, 15) is 4.79 Å². The lowest BCUT2D eigenvalue weighted by atomic mass is 10.1. The lowest BCUT2D eigenvalue weighted by molar-refractivity contribution is 0.103. The molecule has 4 aromatic rings. The number of aromatic nitrogens is 1. The van der Waals surface area contributed by atoms with E-state index < -0.39 is 0 Å². The van der Waals surface area contributed by atoms with E-state index in [0.29, 0.717) is 27.7 Å². The Morgan fingerprint density at radius 1 is 0.939 bits per heavy atom. The van der Waals surface area contributed by atoms with Crippen molar-refractivity contribution in [2.45, 2.75) is 6.92 Å². The first-order valence-electron chi connectivity index (χ1n) is 10.4. The van der Waals surface area contributed by atoms with Crippen LogP contribution >= 0.6 is 12.2 Å². The molecule has 0 aliphatic rings. The van der Waals surface area contributed by atoms with Crippen molar-refractivity contribution in [3.05, 3.63) is 101 Å². The number of H-pyrrole nitrogens is 1. The number of nitrogens with one attached hydrogen (secondary N) is 3. The van der Waals surface area contributed by atoms with Gasteiger partial charge in [0.05, 0.1) is 18.4 Å². The van der Waals surface area contributed by atoms with Crippen molar-refractivity contribution in [3.63, 3.8) is 0 Å². The Hall–Kier alpha value is -4.10. The van der Waals surface area contributed by atoms with Gasteiger partial charge in [0.15, 0.2) is 0 Å². The molecule has 1 heterocycles. The molecule has 7 heteroatoms. The van der Waals surface area contributed by atoms with Crippen LogP contribution in [0.1, 0.15) is 27.2 Å². The number of hydrogen-bond acceptors (Lipinski definition) is 5. The Balaban J connectivity index is 1.73. The van der Waals surface area contributed by atoms with Gasteiger partial charge in [-0.3, -0.25) is 4.79 Å². The van der Waals surface area contributed by atoms with E-state index in [-0.39, 0.29) is 17.2 Å². The molecule has 5 N–H and O–H groups in total. The summed E-state index contributed by atoms with van der Waals surface area (Å²) in [6.45, 7) is 2.02. The number of carbonyl (C=O) groups is 1. The number of anilines is 4. The first-order valence-corrected chi connectivity index (χ1v) is 10.8. The highest BCUT2D eigenvalue weighted by atomic mass is 32.1. The van der Waals surface area contributed by atoms with Gasteiger partial charge < -0.3 is 26.1 Å². The van der Waals surface area contributed by atoms with Crippen molar-refractivity contribution < 1.29 is 9.53 Å². The normalized spacial score (nSPS) is 10.5. The molecule has 0 unspecified atom stereocenters. The molecule has 0 bridgehead atoms. The summed E-state index contributed by atoms with van der Waals surface area (Å²) in [4.78, 5) is 16.8.